The summed E-state index contributed by atoms with van der Waals surface area (Å²) in [4.78, 5) is 16.2. The zero-order chi connectivity index (χ0) is 19.1. The van der Waals surface area contributed by atoms with Crippen LogP contribution < -0.4 is 15.4 Å². The summed E-state index contributed by atoms with van der Waals surface area (Å²) in [5, 5.41) is 6.27. The lowest BCUT2D eigenvalue weighted by molar-refractivity contribution is 0.0950. The molecule has 3 rings (SSSR count). The Kier molecular flexibility index (Phi) is 6.41. The van der Waals surface area contributed by atoms with E-state index in [1.807, 2.05) is 0 Å². The van der Waals surface area contributed by atoms with Gasteiger partial charge in [-0.25, -0.2) is 8.42 Å². The van der Waals surface area contributed by atoms with E-state index in [1.54, 1.807) is 12.1 Å². The van der Waals surface area contributed by atoms with E-state index in [4.69, 9.17) is 0 Å². The van der Waals surface area contributed by atoms with Crippen molar-refractivity contribution < 1.29 is 13.2 Å². The largest absolute Gasteiger partial charge is 0.352 e. The first kappa shape index (κ1) is 19.3. The molecule has 2 heterocycles. The van der Waals surface area contributed by atoms with Crippen LogP contribution in [0.1, 0.15) is 29.6 Å². The molecule has 0 spiro atoms. The Morgan fingerprint density at radius 2 is 1.89 bits per heavy atom. The van der Waals surface area contributed by atoms with Gasteiger partial charge in [0.05, 0.1) is 10.6 Å². The van der Waals surface area contributed by atoms with Gasteiger partial charge in [0.25, 0.3) is 15.9 Å². The molecule has 144 valence electrons. The minimum absolute atomic E-state index is 0.101. The Hall–Kier alpha value is -2.45. The second-order valence-corrected chi connectivity index (χ2v) is 8.31. The van der Waals surface area contributed by atoms with Crippen LogP contribution in [0.15, 0.2) is 53.7 Å². The number of carbonyl (C=O) groups is 1. The van der Waals surface area contributed by atoms with Crippen molar-refractivity contribution in [3.05, 3.63) is 54.4 Å². The molecule has 0 radical (unpaired) electrons. The summed E-state index contributed by atoms with van der Waals surface area (Å²) in [6.07, 6.45) is 6.34. The summed E-state index contributed by atoms with van der Waals surface area (Å²) in [5.74, 6) is 0.413. The number of nitrogens with zero attached hydrogens (tertiary/aromatic N) is 1. The molecule has 1 fully saturated rings. The lowest BCUT2D eigenvalue weighted by Gasteiger charge is -2.22. The average Bonchev–Trinajstić information content (AvgIpc) is 2.69. The fraction of sp³-hybridized carbons (Fsp3) is 0.368. The molecule has 7 nitrogen and oxygen atoms in total. The number of nitrogens with one attached hydrogen (secondary N) is 3. The van der Waals surface area contributed by atoms with Crippen LogP contribution in [0.25, 0.3) is 0 Å². The molecule has 1 aromatic heterocycles. The van der Waals surface area contributed by atoms with E-state index in [2.05, 4.69) is 20.3 Å². The van der Waals surface area contributed by atoms with E-state index < -0.39 is 10.0 Å². The van der Waals surface area contributed by atoms with Gasteiger partial charge < -0.3 is 10.6 Å². The van der Waals surface area contributed by atoms with Crippen LogP contribution in [0.2, 0.25) is 0 Å². The number of anilines is 1. The van der Waals surface area contributed by atoms with Crippen molar-refractivity contribution >= 4 is 21.6 Å². The number of hydrogen-bond donors (Lipinski definition) is 3. The maximum absolute atomic E-state index is 12.4. The van der Waals surface area contributed by atoms with Gasteiger partial charge in [-0.15, -0.1) is 0 Å². The molecule has 1 saturated heterocycles. The number of benzene rings is 1. The second kappa shape index (κ2) is 8.96. The first-order valence-electron chi connectivity index (χ1n) is 9.06. The second-order valence-electron chi connectivity index (χ2n) is 6.62. The Labute approximate surface area is 159 Å². The maximum Gasteiger partial charge on any atom is 0.261 e. The molecule has 1 aliphatic heterocycles. The Balaban J connectivity index is 1.55. The Morgan fingerprint density at radius 1 is 1.15 bits per heavy atom. The predicted molar refractivity (Wildman–Crippen MR) is 104 cm³/mol. The van der Waals surface area contributed by atoms with Gasteiger partial charge in [0, 0.05) is 24.5 Å². The van der Waals surface area contributed by atoms with Crippen LogP contribution in [-0.2, 0) is 10.0 Å². The smallest absolute Gasteiger partial charge is 0.261 e. The summed E-state index contributed by atoms with van der Waals surface area (Å²) in [6.45, 7) is 2.70. The molecule has 1 aliphatic rings. The molecule has 3 N–H and O–H groups in total. The van der Waals surface area contributed by atoms with Gasteiger partial charge in [0.2, 0.25) is 0 Å². The molecule has 8 heteroatoms. The minimum atomic E-state index is -3.70. The van der Waals surface area contributed by atoms with Crippen molar-refractivity contribution in [1.29, 1.82) is 0 Å². The molecule has 1 atom stereocenters. The summed E-state index contributed by atoms with van der Waals surface area (Å²) < 4.78 is 27.3. The van der Waals surface area contributed by atoms with E-state index in [1.165, 1.54) is 49.5 Å². The molecular weight excluding hydrogens is 364 g/mol. The molecule has 0 aliphatic carbocycles. The molecule has 1 aromatic carbocycles. The fourth-order valence-corrected chi connectivity index (χ4v) is 4.14. The quantitative estimate of drug-likeness (QED) is 0.674. The van der Waals surface area contributed by atoms with Crippen molar-refractivity contribution in [2.24, 2.45) is 5.92 Å². The SMILES string of the molecule is O=C(NCCC1CCCNC1)c1ccc(S(=O)(=O)Nc2ccncc2)cc1. The van der Waals surface area contributed by atoms with Crippen molar-refractivity contribution in [3.63, 3.8) is 0 Å². The van der Waals surface area contributed by atoms with E-state index in [9.17, 15) is 13.2 Å². The number of aromatic nitrogens is 1. The monoisotopic (exact) mass is 388 g/mol. The summed E-state index contributed by atoms with van der Waals surface area (Å²) in [5.41, 5.74) is 0.878. The van der Waals surface area contributed by atoms with E-state index in [-0.39, 0.29) is 10.8 Å². The first-order valence-corrected chi connectivity index (χ1v) is 10.5. The molecule has 1 amide bonds. The fourth-order valence-electron chi connectivity index (χ4n) is 3.08. The van der Waals surface area contributed by atoms with Gasteiger partial charge in [0.1, 0.15) is 0 Å². The van der Waals surface area contributed by atoms with E-state index in [0.29, 0.717) is 23.7 Å². The van der Waals surface area contributed by atoms with Crippen molar-refractivity contribution in [3.8, 4) is 0 Å². The molecule has 27 heavy (non-hydrogen) atoms. The summed E-state index contributed by atoms with van der Waals surface area (Å²) in [7, 11) is -3.70. The lowest BCUT2D eigenvalue weighted by Crippen LogP contribution is -2.33. The highest BCUT2D eigenvalue weighted by atomic mass is 32.2. The predicted octanol–water partition coefficient (Wildman–Crippen LogP) is 2.00. The van der Waals surface area contributed by atoms with E-state index in [0.717, 1.165) is 19.5 Å². The van der Waals surface area contributed by atoms with Crippen LogP contribution >= 0.6 is 0 Å². The highest BCUT2D eigenvalue weighted by Crippen LogP contribution is 2.16. The molecule has 0 saturated carbocycles. The van der Waals surface area contributed by atoms with Crippen molar-refractivity contribution in [2.75, 3.05) is 24.4 Å². The Bertz CT molecular complexity index is 848. The van der Waals surface area contributed by atoms with Gasteiger partial charge in [-0.2, -0.15) is 0 Å². The Morgan fingerprint density at radius 3 is 2.56 bits per heavy atom. The van der Waals surface area contributed by atoms with Gasteiger partial charge in [-0.05, 0) is 74.7 Å². The zero-order valence-corrected chi connectivity index (χ0v) is 15.8. The number of pyridine rings is 1. The average molecular weight is 388 g/mol. The number of piperidine rings is 1. The number of carbonyl (C=O) groups excluding carboxylic acids is 1. The number of sulfonamides is 1. The van der Waals surface area contributed by atoms with Crippen LogP contribution in [0.3, 0.4) is 0 Å². The van der Waals surface area contributed by atoms with Crippen LogP contribution in [-0.4, -0.2) is 38.9 Å². The van der Waals surface area contributed by atoms with Gasteiger partial charge in [-0.1, -0.05) is 0 Å². The van der Waals surface area contributed by atoms with E-state index >= 15 is 0 Å². The molecule has 0 bridgehead atoms. The standard InChI is InChI=1S/C19H24N4O3S/c24-19(22-13-7-15-2-1-10-21-14-15)16-3-5-18(6-4-16)27(25,26)23-17-8-11-20-12-9-17/h3-6,8-9,11-12,15,21H,1-2,7,10,13-14H2,(H,20,23)(H,22,24). The molecule has 2 aromatic rings. The highest BCUT2D eigenvalue weighted by Gasteiger charge is 2.16. The van der Waals surface area contributed by atoms with Crippen LogP contribution in [0.5, 0.6) is 0 Å². The summed E-state index contributed by atoms with van der Waals surface area (Å²) >= 11 is 0. The van der Waals surface area contributed by atoms with Gasteiger partial charge in [-0.3, -0.25) is 14.5 Å². The summed E-state index contributed by atoms with van der Waals surface area (Å²) in [6, 6.07) is 9.06. The third-order valence-electron chi connectivity index (χ3n) is 4.60. The zero-order valence-electron chi connectivity index (χ0n) is 15.0. The number of amides is 1. The third-order valence-corrected chi connectivity index (χ3v) is 5.99. The van der Waals surface area contributed by atoms with Crippen LogP contribution in [0.4, 0.5) is 5.69 Å². The normalized spacial score (nSPS) is 17.3. The van der Waals surface area contributed by atoms with Gasteiger partial charge >= 0.3 is 0 Å². The number of hydrogen-bond acceptors (Lipinski definition) is 5. The lowest BCUT2D eigenvalue weighted by atomic mass is 9.96. The highest BCUT2D eigenvalue weighted by molar-refractivity contribution is 7.92. The number of rotatable bonds is 7. The van der Waals surface area contributed by atoms with Crippen LogP contribution in [0, 0.1) is 5.92 Å². The third kappa shape index (κ3) is 5.51. The van der Waals surface area contributed by atoms with Crippen molar-refractivity contribution in [2.45, 2.75) is 24.2 Å². The van der Waals surface area contributed by atoms with Gasteiger partial charge in [0.15, 0.2) is 0 Å². The molecule has 1 unspecified atom stereocenters. The minimum Gasteiger partial charge on any atom is -0.352 e. The van der Waals surface area contributed by atoms with Crippen molar-refractivity contribution in [1.82, 2.24) is 15.6 Å². The topological polar surface area (TPSA) is 100 Å². The molecular formula is C19H24N4O3S. The maximum atomic E-state index is 12.4. The first-order chi connectivity index (χ1) is 13.0.